The van der Waals surface area contributed by atoms with Crippen molar-refractivity contribution >= 4 is 19.5 Å². The molecule has 8 heteroatoms. The van der Waals surface area contributed by atoms with Gasteiger partial charge in [-0.25, -0.2) is 0 Å². The predicted octanol–water partition coefficient (Wildman–Crippen LogP) is 11.6. The van der Waals surface area contributed by atoms with Crippen LogP contribution in [0.25, 0.3) is 0 Å². The van der Waals surface area contributed by atoms with Gasteiger partial charge >= 0.3 is 11.9 Å². The van der Waals surface area contributed by atoms with E-state index in [0.29, 0.717) is 12.8 Å². The van der Waals surface area contributed by atoms with Gasteiger partial charge in [0.1, 0.15) is 6.61 Å². The minimum absolute atomic E-state index is 0.106. The van der Waals surface area contributed by atoms with Crippen LogP contribution in [0.5, 0.6) is 0 Å². The Kier molecular flexibility index (Phi) is 32.3. The summed E-state index contributed by atoms with van der Waals surface area (Å²) in [6.45, 7) is 5.95. The highest BCUT2D eigenvalue weighted by molar-refractivity contribution is 7.56. The lowest BCUT2D eigenvalue weighted by atomic mass is 10.0. The van der Waals surface area contributed by atoms with Crippen molar-refractivity contribution in [2.75, 3.05) is 19.4 Å². The smallest absolute Gasteiger partial charge is 0.306 e. The fourth-order valence-corrected chi connectivity index (χ4v) is 6.10. The van der Waals surface area contributed by atoms with E-state index in [4.69, 9.17) is 19.5 Å². The summed E-state index contributed by atoms with van der Waals surface area (Å²) in [7, 11) is -3.24. The molecule has 0 amide bonds. The molecule has 0 radical (unpaired) electrons. The van der Waals surface area contributed by atoms with Crippen molar-refractivity contribution in [3.63, 3.8) is 0 Å². The van der Waals surface area contributed by atoms with Crippen LogP contribution in [0.4, 0.5) is 0 Å². The van der Waals surface area contributed by atoms with Gasteiger partial charge in [0.25, 0.3) is 7.52 Å². The predicted molar refractivity (Wildman–Crippen MR) is 190 cm³/mol. The first-order valence-corrected chi connectivity index (χ1v) is 21.1. The Labute approximate surface area is 278 Å². The molecule has 0 aromatic carbocycles. The summed E-state index contributed by atoms with van der Waals surface area (Å²) in [5, 5.41) is 0. The molecule has 0 aliphatic heterocycles. The van der Waals surface area contributed by atoms with Gasteiger partial charge < -0.3 is 14.0 Å². The molecule has 268 valence electrons. The maximum atomic E-state index is 12.5. The van der Waals surface area contributed by atoms with Crippen LogP contribution in [0.15, 0.2) is 0 Å². The van der Waals surface area contributed by atoms with E-state index in [1.807, 2.05) is 0 Å². The zero-order chi connectivity index (χ0) is 33.3. The molecule has 0 aromatic rings. The van der Waals surface area contributed by atoms with Crippen LogP contribution in [0.1, 0.15) is 201 Å². The molecule has 0 heterocycles. The minimum atomic E-state index is -3.24. The molecule has 0 bridgehead atoms. The number of hydrogen-bond donors (Lipinski definition) is 1. The number of unbranched alkanes of at least 4 members (excludes halogenated alkanes) is 24. The quantitative estimate of drug-likeness (QED) is 0.0410. The standard InChI is InChI=1S/C37H74NO6P/c1-4-7-9-11-13-15-17-19-21-23-25-27-29-31-36(39)42-33-35(34-43-45(38,41)6-3)44-37(40)32-30-28-26-24-22-20-18-16-14-12-10-8-5-2/h35H,4-34H2,1-3H3,(H2,38,41)/t35-,45?/m1/s1. The lowest BCUT2D eigenvalue weighted by Crippen LogP contribution is -2.30. The van der Waals surface area contributed by atoms with E-state index < -0.39 is 13.6 Å². The second-order valence-corrected chi connectivity index (χ2v) is 15.5. The number of esters is 2. The minimum Gasteiger partial charge on any atom is -0.462 e. The average Bonchev–Trinajstić information content (AvgIpc) is 3.03. The Bertz CT molecular complexity index is 719. The van der Waals surface area contributed by atoms with Crippen LogP contribution < -0.4 is 5.50 Å². The maximum absolute atomic E-state index is 12.5. The van der Waals surface area contributed by atoms with Crippen LogP contribution in [-0.4, -0.2) is 37.4 Å². The molecular weight excluding hydrogens is 585 g/mol. The normalized spacial score (nSPS) is 13.4. The fourth-order valence-electron chi connectivity index (χ4n) is 5.49. The first-order valence-electron chi connectivity index (χ1n) is 19.2. The Morgan fingerprint density at radius 3 is 1.20 bits per heavy atom. The molecule has 1 unspecified atom stereocenters. The SMILES string of the molecule is CCCCCCCCCCCCCCCC(=O)OC[C@H](COP(N)(=O)CC)OC(=O)CCCCCCCCCCCCCCC. The lowest BCUT2D eigenvalue weighted by molar-refractivity contribution is -0.161. The topological polar surface area (TPSA) is 105 Å². The molecule has 0 saturated carbocycles. The molecule has 0 aliphatic carbocycles. The molecule has 2 atom stereocenters. The molecule has 7 nitrogen and oxygen atoms in total. The van der Waals surface area contributed by atoms with E-state index >= 15 is 0 Å². The Morgan fingerprint density at radius 1 is 0.511 bits per heavy atom. The van der Waals surface area contributed by atoms with E-state index in [1.54, 1.807) is 6.92 Å². The Balaban J connectivity index is 4.03. The van der Waals surface area contributed by atoms with Gasteiger partial charge in [-0.15, -0.1) is 0 Å². The molecule has 0 spiro atoms. The monoisotopic (exact) mass is 660 g/mol. The van der Waals surface area contributed by atoms with Gasteiger partial charge in [0.2, 0.25) is 0 Å². The summed E-state index contributed by atoms with van der Waals surface area (Å²) in [5.74, 6) is -0.649. The summed E-state index contributed by atoms with van der Waals surface area (Å²) >= 11 is 0. The second kappa shape index (κ2) is 33.0. The largest absolute Gasteiger partial charge is 0.462 e. The van der Waals surface area contributed by atoms with Crippen molar-refractivity contribution in [1.29, 1.82) is 0 Å². The van der Waals surface area contributed by atoms with Crippen LogP contribution in [0.3, 0.4) is 0 Å². The summed E-state index contributed by atoms with van der Waals surface area (Å²) in [5.41, 5.74) is 5.69. The van der Waals surface area contributed by atoms with Crippen LogP contribution in [0.2, 0.25) is 0 Å². The summed E-state index contributed by atoms with van der Waals surface area (Å²) in [6, 6.07) is 0. The second-order valence-electron chi connectivity index (χ2n) is 13.1. The van der Waals surface area contributed by atoms with E-state index in [0.717, 1.165) is 38.5 Å². The third kappa shape index (κ3) is 32.8. The van der Waals surface area contributed by atoms with Gasteiger partial charge in [-0.3, -0.25) is 19.7 Å². The number of nitrogens with two attached hydrogens (primary N) is 1. The van der Waals surface area contributed by atoms with Crippen molar-refractivity contribution in [2.45, 2.75) is 207 Å². The molecular formula is C37H74NO6P. The first kappa shape index (κ1) is 44.1. The van der Waals surface area contributed by atoms with Gasteiger partial charge in [0, 0.05) is 19.0 Å². The number of carbonyl (C=O) groups is 2. The lowest BCUT2D eigenvalue weighted by Gasteiger charge is -2.20. The van der Waals surface area contributed by atoms with E-state index in [1.165, 1.54) is 128 Å². The molecule has 2 N–H and O–H groups in total. The van der Waals surface area contributed by atoms with Crippen molar-refractivity contribution in [1.82, 2.24) is 0 Å². The Morgan fingerprint density at radius 2 is 0.844 bits per heavy atom. The van der Waals surface area contributed by atoms with E-state index in [-0.39, 0.29) is 31.3 Å². The average molecular weight is 660 g/mol. The van der Waals surface area contributed by atoms with E-state index in [2.05, 4.69) is 13.8 Å². The first-order chi connectivity index (χ1) is 21.8. The highest BCUT2D eigenvalue weighted by atomic mass is 31.2. The molecule has 0 aromatic heterocycles. The van der Waals surface area contributed by atoms with E-state index in [9.17, 15) is 14.2 Å². The Hall–Kier alpha value is -0.910. The molecule has 0 fully saturated rings. The van der Waals surface area contributed by atoms with Crippen molar-refractivity contribution < 1.29 is 28.2 Å². The van der Waals surface area contributed by atoms with Gasteiger partial charge in [0.15, 0.2) is 6.10 Å². The van der Waals surface area contributed by atoms with Crippen LogP contribution in [-0.2, 0) is 28.2 Å². The van der Waals surface area contributed by atoms with Crippen molar-refractivity contribution in [3.05, 3.63) is 0 Å². The van der Waals surface area contributed by atoms with Gasteiger partial charge in [-0.2, -0.15) is 0 Å². The number of rotatable bonds is 35. The summed E-state index contributed by atoms with van der Waals surface area (Å²) < 4.78 is 28.5. The third-order valence-electron chi connectivity index (χ3n) is 8.62. The fraction of sp³-hybridized carbons (Fsp3) is 0.946. The van der Waals surface area contributed by atoms with Crippen molar-refractivity contribution in [2.24, 2.45) is 5.50 Å². The van der Waals surface area contributed by atoms with Gasteiger partial charge in [-0.05, 0) is 12.8 Å². The van der Waals surface area contributed by atoms with Crippen molar-refractivity contribution in [3.8, 4) is 0 Å². The number of ether oxygens (including phenoxy) is 2. The molecule has 45 heavy (non-hydrogen) atoms. The summed E-state index contributed by atoms with van der Waals surface area (Å²) in [6.07, 6.45) is 32.4. The number of carbonyl (C=O) groups excluding carboxylic acids is 2. The number of hydrogen-bond acceptors (Lipinski definition) is 6. The zero-order valence-corrected chi connectivity index (χ0v) is 30.9. The molecule has 0 saturated heterocycles. The molecule has 0 aliphatic rings. The highest BCUT2D eigenvalue weighted by Crippen LogP contribution is 2.36. The third-order valence-corrected chi connectivity index (χ3v) is 10.1. The van der Waals surface area contributed by atoms with Gasteiger partial charge in [-0.1, -0.05) is 175 Å². The van der Waals surface area contributed by atoms with Crippen LogP contribution >= 0.6 is 7.52 Å². The van der Waals surface area contributed by atoms with Gasteiger partial charge in [0.05, 0.1) is 6.61 Å². The zero-order valence-electron chi connectivity index (χ0n) is 30.0. The molecule has 0 rings (SSSR count). The highest BCUT2D eigenvalue weighted by Gasteiger charge is 2.22. The van der Waals surface area contributed by atoms with Crippen LogP contribution in [0, 0.1) is 0 Å². The summed E-state index contributed by atoms with van der Waals surface area (Å²) in [4.78, 5) is 24.8. The maximum Gasteiger partial charge on any atom is 0.306 e.